The smallest absolute Gasteiger partial charge is 0.311 e. The molecule has 1 aromatic carbocycles. The summed E-state index contributed by atoms with van der Waals surface area (Å²) in [6, 6.07) is 8.78. The molecule has 0 aliphatic carbocycles. The van der Waals surface area contributed by atoms with E-state index in [-0.39, 0.29) is 12.4 Å². The van der Waals surface area contributed by atoms with Gasteiger partial charge in [-0.15, -0.1) is 11.3 Å². The number of carbonyl (C=O) groups excluding carboxylic acids is 1. The number of nitrogens with zero attached hydrogens (tertiary/aromatic N) is 3. The molecule has 0 aliphatic heterocycles. The second-order valence-electron chi connectivity index (χ2n) is 4.01. The molecule has 0 fully saturated rings. The molecule has 6 nitrogen and oxygen atoms in total. The third kappa shape index (κ3) is 3.56. The van der Waals surface area contributed by atoms with Gasteiger partial charge in [-0.3, -0.25) is 4.79 Å². The second kappa shape index (κ2) is 6.51. The number of thiazole rings is 1. The number of hydrogen-bond donors (Lipinski definition) is 1. The van der Waals surface area contributed by atoms with Crippen LogP contribution in [0.25, 0.3) is 0 Å². The first-order chi connectivity index (χ1) is 10.2. The average molecular weight is 298 g/mol. The van der Waals surface area contributed by atoms with Gasteiger partial charge in [0.1, 0.15) is 12.1 Å². The monoisotopic (exact) mass is 298 g/mol. The van der Waals surface area contributed by atoms with Crippen LogP contribution >= 0.6 is 11.3 Å². The van der Waals surface area contributed by atoms with Crippen molar-refractivity contribution in [1.82, 2.24) is 4.98 Å². The highest BCUT2D eigenvalue weighted by Crippen LogP contribution is 2.23. The molecule has 2 aromatic rings. The Morgan fingerprint density at radius 2 is 2.14 bits per heavy atom. The van der Waals surface area contributed by atoms with E-state index >= 15 is 0 Å². The predicted octanol–water partition coefficient (Wildman–Crippen LogP) is 2.35. The van der Waals surface area contributed by atoms with E-state index < -0.39 is 0 Å². The molecular formula is C14H10N4O2S. The normalized spacial score (nSPS) is 9.48. The molecule has 2 rings (SSSR count). The van der Waals surface area contributed by atoms with Crippen LogP contribution in [0.3, 0.4) is 0 Å². The lowest BCUT2D eigenvalue weighted by Crippen LogP contribution is -2.04. The molecule has 0 unspecified atom stereocenters. The molecule has 0 aliphatic rings. The lowest BCUT2D eigenvalue weighted by Gasteiger charge is -2.03. The Bertz CT molecular complexity index is 755. The van der Waals surface area contributed by atoms with Gasteiger partial charge in [-0.2, -0.15) is 10.5 Å². The molecule has 0 amide bonds. The summed E-state index contributed by atoms with van der Waals surface area (Å²) in [7, 11) is 1.33. The van der Waals surface area contributed by atoms with Crippen molar-refractivity contribution in [3.8, 4) is 12.1 Å². The van der Waals surface area contributed by atoms with Crippen molar-refractivity contribution in [3.05, 3.63) is 40.4 Å². The van der Waals surface area contributed by atoms with Crippen LogP contribution in [0.2, 0.25) is 0 Å². The number of nitriles is 2. The van der Waals surface area contributed by atoms with E-state index in [1.54, 1.807) is 23.6 Å². The van der Waals surface area contributed by atoms with Crippen LogP contribution < -0.4 is 5.32 Å². The molecule has 0 bridgehead atoms. The van der Waals surface area contributed by atoms with E-state index in [0.29, 0.717) is 27.6 Å². The number of nitrogens with one attached hydrogen (secondary N) is 1. The summed E-state index contributed by atoms with van der Waals surface area (Å²) in [5.74, 6) is -0.350. The molecule has 7 heteroatoms. The minimum Gasteiger partial charge on any atom is -0.469 e. The van der Waals surface area contributed by atoms with Gasteiger partial charge in [0.05, 0.1) is 30.4 Å². The predicted molar refractivity (Wildman–Crippen MR) is 77.0 cm³/mol. The minimum absolute atomic E-state index is 0.117. The standard InChI is InChI=1S/C14H10N4O2S/c1-20-13(19)5-12-8-21-14(18-12)17-11-3-2-9(6-15)10(4-11)7-16/h2-4,8H,5H2,1H3,(H,17,18). The molecule has 0 radical (unpaired) electrons. The first-order valence-electron chi connectivity index (χ1n) is 5.88. The Labute approximate surface area is 125 Å². The molecule has 1 aromatic heterocycles. The molecule has 0 saturated carbocycles. The van der Waals surface area contributed by atoms with E-state index in [9.17, 15) is 4.79 Å². The van der Waals surface area contributed by atoms with Crippen molar-refractivity contribution >= 4 is 28.1 Å². The van der Waals surface area contributed by atoms with Crippen LogP contribution in [0.5, 0.6) is 0 Å². The zero-order chi connectivity index (χ0) is 15.2. The fraction of sp³-hybridized carbons (Fsp3) is 0.143. The number of anilines is 2. The van der Waals surface area contributed by atoms with Crippen LogP contribution in [-0.4, -0.2) is 18.1 Å². The average Bonchev–Trinajstić information content (AvgIpc) is 2.93. The van der Waals surface area contributed by atoms with Gasteiger partial charge in [-0.25, -0.2) is 4.98 Å². The number of aromatic nitrogens is 1. The Kier molecular flexibility index (Phi) is 4.50. The minimum atomic E-state index is -0.350. The second-order valence-corrected chi connectivity index (χ2v) is 4.86. The summed E-state index contributed by atoms with van der Waals surface area (Å²) in [5.41, 5.74) is 1.90. The van der Waals surface area contributed by atoms with E-state index in [0.717, 1.165) is 0 Å². The largest absolute Gasteiger partial charge is 0.469 e. The van der Waals surface area contributed by atoms with Crippen LogP contribution in [0.1, 0.15) is 16.8 Å². The van der Waals surface area contributed by atoms with E-state index in [1.807, 2.05) is 12.1 Å². The highest BCUT2D eigenvalue weighted by Gasteiger charge is 2.09. The Morgan fingerprint density at radius 1 is 1.38 bits per heavy atom. The Hall–Kier alpha value is -2.90. The van der Waals surface area contributed by atoms with E-state index in [1.165, 1.54) is 18.4 Å². The lowest BCUT2D eigenvalue weighted by molar-refractivity contribution is -0.139. The number of benzene rings is 1. The van der Waals surface area contributed by atoms with Crippen LogP contribution in [0, 0.1) is 22.7 Å². The summed E-state index contributed by atoms with van der Waals surface area (Å²) in [4.78, 5) is 15.4. The fourth-order valence-electron chi connectivity index (χ4n) is 1.60. The summed E-state index contributed by atoms with van der Waals surface area (Å²) in [6.07, 6.45) is 0.117. The van der Waals surface area contributed by atoms with Gasteiger partial charge in [0.25, 0.3) is 0 Å². The van der Waals surface area contributed by atoms with Crippen molar-refractivity contribution in [2.24, 2.45) is 0 Å². The van der Waals surface area contributed by atoms with Gasteiger partial charge in [-0.1, -0.05) is 0 Å². The van der Waals surface area contributed by atoms with Gasteiger partial charge < -0.3 is 10.1 Å². The van der Waals surface area contributed by atoms with Crippen molar-refractivity contribution in [2.75, 3.05) is 12.4 Å². The fourth-order valence-corrected chi connectivity index (χ4v) is 2.33. The number of carbonyl (C=O) groups is 1. The van der Waals surface area contributed by atoms with E-state index in [2.05, 4.69) is 15.0 Å². The SMILES string of the molecule is COC(=O)Cc1csc(Nc2ccc(C#N)c(C#N)c2)n1. The van der Waals surface area contributed by atoms with Crippen molar-refractivity contribution in [3.63, 3.8) is 0 Å². The zero-order valence-electron chi connectivity index (χ0n) is 11.1. The maximum Gasteiger partial charge on any atom is 0.311 e. The molecule has 0 saturated heterocycles. The lowest BCUT2D eigenvalue weighted by atomic mass is 10.1. The Balaban J connectivity index is 2.14. The van der Waals surface area contributed by atoms with Gasteiger partial charge in [0.2, 0.25) is 0 Å². The number of hydrogen-bond acceptors (Lipinski definition) is 7. The third-order valence-corrected chi connectivity index (χ3v) is 3.42. The zero-order valence-corrected chi connectivity index (χ0v) is 11.9. The topological polar surface area (TPSA) is 98.8 Å². The van der Waals surface area contributed by atoms with Gasteiger partial charge in [0, 0.05) is 11.1 Å². The van der Waals surface area contributed by atoms with Crippen molar-refractivity contribution in [1.29, 1.82) is 10.5 Å². The third-order valence-electron chi connectivity index (χ3n) is 2.62. The molecule has 1 heterocycles. The van der Waals surface area contributed by atoms with Crippen molar-refractivity contribution in [2.45, 2.75) is 6.42 Å². The van der Waals surface area contributed by atoms with Crippen LogP contribution in [0.15, 0.2) is 23.6 Å². The van der Waals surface area contributed by atoms with Crippen LogP contribution in [-0.2, 0) is 16.0 Å². The molecular weight excluding hydrogens is 288 g/mol. The van der Waals surface area contributed by atoms with Gasteiger partial charge in [0.15, 0.2) is 5.13 Å². The summed E-state index contributed by atoms with van der Waals surface area (Å²) < 4.78 is 4.58. The molecule has 1 N–H and O–H groups in total. The molecule has 21 heavy (non-hydrogen) atoms. The first-order valence-corrected chi connectivity index (χ1v) is 6.76. The summed E-state index contributed by atoms with van der Waals surface area (Å²) in [5, 5.41) is 23.2. The van der Waals surface area contributed by atoms with Gasteiger partial charge in [-0.05, 0) is 18.2 Å². The molecule has 104 valence electrons. The maximum absolute atomic E-state index is 11.2. The number of ether oxygens (including phenoxy) is 1. The number of esters is 1. The van der Waals surface area contributed by atoms with Crippen LogP contribution in [0.4, 0.5) is 10.8 Å². The first kappa shape index (κ1) is 14.5. The summed E-state index contributed by atoms with van der Waals surface area (Å²) >= 11 is 1.34. The van der Waals surface area contributed by atoms with Crippen molar-refractivity contribution < 1.29 is 9.53 Å². The number of rotatable bonds is 4. The highest BCUT2D eigenvalue weighted by atomic mass is 32.1. The Morgan fingerprint density at radius 3 is 2.81 bits per heavy atom. The molecule has 0 atom stereocenters. The number of methoxy groups -OCH3 is 1. The van der Waals surface area contributed by atoms with E-state index in [4.69, 9.17) is 10.5 Å². The summed E-state index contributed by atoms with van der Waals surface area (Å²) in [6.45, 7) is 0. The quantitative estimate of drug-likeness (QED) is 0.870. The maximum atomic E-state index is 11.2. The highest BCUT2D eigenvalue weighted by molar-refractivity contribution is 7.13. The molecule has 0 spiro atoms. The van der Waals surface area contributed by atoms with Gasteiger partial charge >= 0.3 is 5.97 Å².